The zero-order chi connectivity index (χ0) is 18.4. The number of benzene rings is 1. The number of hydrogen-bond donors (Lipinski definition) is 3. The van der Waals surface area contributed by atoms with Gasteiger partial charge in [-0.25, -0.2) is 8.42 Å². The Labute approximate surface area is 154 Å². The van der Waals surface area contributed by atoms with Gasteiger partial charge in [-0.1, -0.05) is 17.7 Å². The molecule has 2 rings (SSSR count). The van der Waals surface area contributed by atoms with Gasteiger partial charge in [0, 0.05) is 19.6 Å². The summed E-state index contributed by atoms with van der Waals surface area (Å²) < 4.78 is 26.9. The largest absolute Gasteiger partial charge is 0.362 e. The number of carbonyl (C=O) groups excluding carboxylic acids is 1. The van der Waals surface area contributed by atoms with E-state index in [1.807, 2.05) is 13.8 Å². The van der Waals surface area contributed by atoms with Crippen LogP contribution in [-0.4, -0.2) is 43.4 Å². The van der Waals surface area contributed by atoms with Crippen LogP contribution in [0, 0.1) is 12.8 Å². The highest BCUT2D eigenvalue weighted by atomic mass is 32.2. The fraction of sp³-hybridized carbons (Fsp3) is 0.500. The monoisotopic (exact) mass is 384 g/mol. The molecule has 0 aliphatic carbocycles. The number of piperidine rings is 1. The fourth-order valence-electron chi connectivity index (χ4n) is 2.66. The van der Waals surface area contributed by atoms with Gasteiger partial charge in [-0.15, -0.1) is 0 Å². The molecule has 1 aliphatic rings. The second-order valence-corrected chi connectivity index (χ2v) is 8.34. The van der Waals surface area contributed by atoms with E-state index in [1.165, 1.54) is 4.31 Å². The average Bonchev–Trinajstić information content (AvgIpc) is 2.60. The van der Waals surface area contributed by atoms with Crippen LogP contribution < -0.4 is 16.2 Å². The molecule has 0 radical (unpaired) electrons. The van der Waals surface area contributed by atoms with Crippen molar-refractivity contribution in [2.24, 2.45) is 5.92 Å². The molecular weight excluding hydrogens is 360 g/mol. The number of nitrogens with one attached hydrogen (secondary N) is 3. The first-order chi connectivity index (χ1) is 11.8. The molecule has 25 heavy (non-hydrogen) atoms. The number of hydrazine groups is 1. The number of rotatable bonds is 4. The van der Waals surface area contributed by atoms with Gasteiger partial charge in [0.05, 0.1) is 10.8 Å². The van der Waals surface area contributed by atoms with Crippen molar-refractivity contribution in [1.29, 1.82) is 0 Å². The maximum Gasteiger partial charge on any atom is 0.243 e. The highest BCUT2D eigenvalue weighted by molar-refractivity contribution is 7.89. The molecule has 1 atom stereocenters. The Kier molecular flexibility index (Phi) is 6.74. The zero-order valence-corrected chi connectivity index (χ0v) is 16.0. The van der Waals surface area contributed by atoms with Crippen molar-refractivity contribution in [1.82, 2.24) is 20.5 Å². The molecule has 1 heterocycles. The highest BCUT2D eigenvalue weighted by Crippen LogP contribution is 2.24. The second kappa shape index (κ2) is 8.59. The number of thiocarbonyl (C=S) groups is 1. The van der Waals surface area contributed by atoms with E-state index in [1.54, 1.807) is 24.3 Å². The van der Waals surface area contributed by atoms with E-state index in [-0.39, 0.29) is 17.3 Å². The van der Waals surface area contributed by atoms with Gasteiger partial charge in [0.25, 0.3) is 0 Å². The highest BCUT2D eigenvalue weighted by Gasteiger charge is 2.33. The molecule has 1 aliphatic heterocycles. The summed E-state index contributed by atoms with van der Waals surface area (Å²) in [4.78, 5) is 12.5. The molecule has 9 heteroatoms. The van der Waals surface area contributed by atoms with Crippen LogP contribution >= 0.6 is 12.2 Å². The molecule has 0 bridgehead atoms. The minimum absolute atomic E-state index is 0.164. The van der Waals surface area contributed by atoms with Crippen LogP contribution in [0.15, 0.2) is 29.2 Å². The van der Waals surface area contributed by atoms with Crippen LogP contribution in [0.4, 0.5) is 0 Å². The molecule has 0 aromatic heterocycles. The molecule has 7 nitrogen and oxygen atoms in total. The first-order valence-corrected chi connectivity index (χ1v) is 10.1. The van der Waals surface area contributed by atoms with E-state index in [2.05, 4.69) is 16.2 Å². The Morgan fingerprint density at radius 1 is 1.28 bits per heavy atom. The zero-order valence-electron chi connectivity index (χ0n) is 14.4. The van der Waals surface area contributed by atoms with Gasteiger partial charge >= 0.3 is 0 Å². The second-order valence-electron chi connectivity index (χ2n) is 5.99. The SMILES string of the molecule is CCNC(=S)NNC(=O)[C@H]1CCCN(S(=O)(=O)c2ccc(C)cc2)C1. The molecule has 1 amide bonds. The number of aryl methyl sites for hydroxylation is 1. The number of amides is 1. The molecule has 0 spiro atoms. The molecular formula is C16H24N4O3S2. The number of nitrogens with zero attached hydrogens (tertiary/aromatic N) is 1. The molecule has 3 N–H and O–H groups in total. The number of sulfonamides is 1. The minimum Gasteiger partial charge on any atom is -0.362 e. The number of hydrogen-bond acceptors (Lipinski definition) is 4. The van der Waals surface area contributed by atoms with Gasteiger partial charge < -0.3 is 5.32 Å². The standard InChI is InChI=1S/C16H24N4O3S2/c1-3-17-16(24)19-18-15(21)13-5-4-10-20(11-13)25(22,23)14-8-6-12(2)7-9-14/h6-9,13H,3-5,10-11H2,1-2H3,(H,18,21)(H2,17,19,24)/t13-/m0/s1. The third-order valence-electron chi connectivity index (χ3n) is 4.05. The van der Waals surface area contributed by atoms with Crippen molar-refractivity contribution < 1.29 is 13.2 Å². The van der Waals surface area contributed by atoms with Crippen LogP contribution in [-0.2, 0) is 14.8 Å². The van der Waals surface area contributed by atoms with Gasteiger partial charge in [-0.3, -0.25) is 15.6 Å². The van der Waals surface area contributed by atoms with Crippen LogP contribution in [0.3, 0.4) is 0 Å². The maximum atomic E-state index is 12.8. The third kappa shape index (κ3) is 5.13. The van der Waals surface area contributed by atoms with Crippen molar-refractivity contribution in [3.8, 4) is 0 Å². The van der Waals surface area contributed by atoms with E-state index in [9.17, 15) is 13.2 Å². The summed E-state index contributed by atoms with van der Waals surface area (Å²) in [5.74, 6) is -0.671. The minimum atomic E-state index is -3.59. The Morgan fingerprint density at radius 3 is 2.60 bits per heavy atom. The first kappa shape index (κ1) is 19.6. The smallest absolute Gasteiger partial charge is 0.243 e. The van der Waals surface area contributed by atoms with E-state index in [4.69, 9.17) is 12.2 Å². The van der Waals surface area contributed by atoms with E-state index >= 15 is 0 Å². The van der Waals surface area contributed by atoms with Gasteiger partial charge in [-0.2, -0.15) is 4.31 Å². The maximum absolute atomic E-state index is 12.8. The normalized spacial score (nSPS) is 18.4. The van der Waals surface area contributed by atoms with Crippen molar-refractivity contribution in [2.75, 3.05) is 19.6 Å². The Balaban J connectivity index is 2.01. The van der Waals surface area contributed by atoms with Gasteiger partial charge in [0.1, 0.15) is 0 Å². The summed E-state index contributed by atoms with van der Waals surface area (Å²) in [6.07, 6.45) is 1.28. The lowest BCUT2D eigenvalue weighted by atomic mass is 9.99. The van der Waals surface area contributed by atoms with E-state index in [0.717, 1.165) is 5.56 Å². The summed E-state index contributed by atoms with van der Waals surface area (Å²) in [6.45, 7) is 5.03. The third-order valence-corrected chi connectivity index (χ3v) is 6.18. The quantitative estimate of drug-likeness (QED) is 0.528. The fourth-order valence-corrected chi connectivity index (χ4v) is 4.38. The molecule has 1 aromatic rings. The van der Waals surface area contributed by atoms with Gasteiger partial charge in [0.15, 0.2) is 5.11 Å². The molecule has 0 unspecified atom stereocenters. The molecule has 138 valence electrons. The van der Waals surface area contributed by atoms with Gasteiger partial charge in [-0.05, 0) is 51.0 Å². The Bertz CT molecular complexity index is 719. The predicted molar refractivity (Wildman–Crippen MR) is 100 cm³/mol. The topological polar surface area (TPSA) is 90.5 Å². The molecule has 1 fully saturated rings. The molecule has 0 saturated carbocycles. The van der Waals surface area contributed by atoms with Crippen molar-refractivity contribution in [3.05, 3.63) is 29.8 Å². The summed E-state index contributed by atoms with van der Waals surface area (Å²) in [5, 5.41) is 3.19. The number of carbonyl (C=O) groups is 1. The van der Waals surface area contributed by atoms with Crippen molar-refractivity contribution >= 4 is 33.3 Å². The van der Waals surface area contributed by atoms with Crippen LogP contribution in [0.5, 0.6) is 0 Å². The average molecular weight is 385 g/mol. The summed E-state index contributed by atoms with van der Waals surface area (Å²) >= 11 is 4.99. The lowest BCUT2D eigenvalue weighted by Gasteiger charge is -2.31. The van der Waals surface area contributed by atoms with Crippen LogP contribution in [0.1, 0.15) is 25.3 Å². The Hall–Kier alpha value is -1.71. The summed E-state index contributed by atoms with van der Waals surface area (Å²) in [7, 11) is -3.59. The molecule has 1 aromatic carbocycles. The molecule has 1 saturated heterocycles. The van der Waals surface area contributed by atoms with Crippen molar-refractivity contribution in [2.45, 2.75) is 31.6 Å². The predicted octanol–water partition coefficient (Wildman–Crippen LogP) is 0.911. The van der Waals surface area contributed by atoms with E-state index < -0.39 is 15.9 Å². The lowest BCUT2D eigenvalue weighted by Crippen LogP contribution is -2.52. The van der Waals surface area contributed by atoms with Gasteiger partial charge in [0.2, 0.25) is 15.9 Å². The Morgan fingerprint density at radius 2 is 1.96 bits per heavy atom. The lowest BCUT2D eigenvalue weighted by molar-refractivity contribution is -0.126. The summed E-state index contributed by atoms with van der Waals surface area (Å²) in [6, 6.07) is 6.74. The van der Waals surface area contributed by atoms with Crippen molar-refractivity contribution in [3.63, 3.8) is 0 Å². The van der Waals surface area contributed by atoms with E-state index in [0.29, 0.717) is 31.0 Å². The first-order valence-electron chi connectivity index (χ1n) is 8.25. The van der Waals surface area contributed by atoms with Crippen LogP contribution in [0.2, 0.25) is 0 Å². The summed E-state index contributed by atoms with van der Waals surface area (Å²) in [5.41, 5.74) is 6.16. The van der Waals surface area contributed by atoms with Crippen LogP contribution in [0.25, 0.3) is 0 Å².